The number of rotatable bonds is 5. The molecule has 160 valence electrons. The standard InChI is InChI=1S/C22H18F2N2O5/c1-30-14-3-4-18(31-2)15(8-14)16-9-19(27)25-20-17(22(28)29)10-26(21(16)20)13-6-11(23)5-12(24)7-13/h3-8,10,16H,9H2,1-2H3,(H,25,27)(H,28,29)/t16-/m0/s1. The number of hydrogen-bond acceptors (Lipinski definition) is 4. The minimum atomic E-state index is -1.29. The second kappa shape index (κ2) is 7.75. The van der Waals surface area contributed by atoms with Crippen LogP contribution >= 0.6 is 0 Å². The molecule has 3 aromatic rings. The molecule has 0 aliphatic carbocycles. The number of carboxylic acid groups (broad SMARTS) is 1. The van der Waals surface area contributed by atoms with Crippen molar-refractivity contribution < 1.29 is 33.0 Å². The first kappa shape index (κ1) is 20.4. The summed E-state index contributed by atoms with van der Waals surface area (Å²) in [7, 11) is 2.96. The highest BCUT2D eigenvalue weighted by atomic mass is 19.1. The SMILES string of the molecule is COc1ccc(OC)c([C@@H]2CC(=O)Nc3c(C(=O)O)cn(-c4cc(F)cc(F)c4)c32)c1. The Bertz CT molecular complexity index is 1180. The average molecular weight is 428 g/mol. The molecular formula is C22H18F2N2O5. The Morgan fingerprint density at radius 3 is 2.45 bits per heavy atom. The fourth-order valence-corrected chi connectivity index (χ4v) is 3.89. The van der Waals surface area contributed by atoms with Crippen LogP contribution in [0.5, 0.6) is 11.5 Å². The van der Waals surface area contributed by atoms with Gasteiger partial charge in [0.05, 0.1) is 31.3 Å². The van der Waals surface area contributed by atoms with E-state index in [2.05, 4.69) is 5.32 Å². The topological polar surface area (TPSA) is 89.8 Å². The second-order valence-corrected chi connectivity index (χ2v) is 7.02. The lowest BCUT2D eigenvalue weighted by molar-refractivity contribution is -0.116. The fraction of sp³-hybridized carbons (Fsp3) is 0.182. The van der Waals surface area contributed by atoms with Crippen LogP contribution in [0.25, 0.3) is 5.69 Å². The first-order chi connectivity index (χ1) is 14.8. The summed E-state index contributed by atoms with van der Waals surface area (Å²) >= 11 is 0. The summed E-state index contributed by atoms with van der Waals surface area (Å²) in [5.41, 5.74) is 0.909. The predicted octanol–water partition coefficient (Wildman–Crippen LogP) is 3.95. The summed E-state index contributed by atoms with van der Waals surface area (Å²) in [5, 5.41) is 12.3. The van der Waals surface area contributed by atoms with Crippen molar-refractivity contribution in [3.8, 4) is 17.2 Å². The molecule has 0 saturated carbocycles. The Labute approximate surface area is 175 Å². The van der Waals surface area contributed by atoms with E-state index in [0.717, 1.165) is 18.2 Å². The molecule has 0 saturated heterocycles. The minimum Gasteiger partial charge on any atom is -0.497 e. The molecule has 9 heteroatoms. The van der Waals surface area contributed by atoms with E-state index >= 15 is 0 Å². The molecule has 0 fully saturated rings. The van der Waals surface area contributed by atoms with Gasteiger partial charge in [-0.05, 0) is 30.3 Å². The lowest BCUT2D eigenvalue weighted by Gasteiger charge is -2.27. The van der Waals surface area contributed by atoms with Gasteiger partial charge in [-0.1, -0.05) is 0 Å². The molecule has 2 N–H and O–H groups in total. The number of carbonyl (C=O) groups is 2. The van der Waals surface area contributed by atoms with Gasteiger partial charge >= 0.3 is 5.97 Å². The number of hydrogen-bond donors (Lipinski definition) is 2. The first-order valence-corrected chi connectivity index (χ1v) is 9.29. The molecule has 2 aromatic carbocycles. The van der Waals surface area contributed by atoms with Crippen LogP contribution in [0.15, 0.2) is 42.6 Å². The number of ether oxygens (including phenoxy) is 2. The molecule has 0 unspecified atom stereocenters. The van der Waals surface area contributed by atoms with Crippen molar-refractivity contribution in [1.82, 2.24) is 4.57 Å². The molecule has 0 radical (unpaired) electrons. The molecule has 0 bridgehead atoms. The van der Waals surface area contributed by atoms with Crippen LogP contribution in [-0.2, 0) is 4.79 Å². The zero-order chi connectivity index (χ0) is 22.3. The zero-order valence-electron chi connectivity index (χ0n) is 16.6. The number of methoxy groups -OCH3 is 2. The van der Waals surface area contributed by atoms with E-state index in [4.69, 9.17) is 9.47 Å². The Kier molecular flexibility index (Phi) is 5.10. The highest BCUT2D eigenvalue weighted by Crippen LogP contribution is 2.45. The molecule has 0 spiro atoms. The molecule has 1 atom stereocenters. The Morgan fingerprint density at radius 2 is 1.84 bits per heavy atom. The van der Waals surface area contributed by atoms with Gasteiger partial charge in [-0.2, -0.15) is 0 Å². The van der Waals surface area contributed by atoms with Gasteiger partial charge in [-0.25, -0.2) is 13.6 Å². The van der Waals surface area contributed by atoms with E-state index in [-0.39, 0.29) is 23.4 Å². The first-order valence-electron chi connectivity index (χ1n) is 9.29. The number of nitrogens with one attached hydrogen (secondary N) is 1. The van der Waals surface area contributed by atoms with Crippen LogP contribution in [0.4, 0.5) is 14.5 Å². The third-order valence-electron chi connectivity index (χ3n) is 5.20. The molecule has 2 heterocycles. The lowest BCUT2D eigenvalue weighted by Crippen LogP contribution is -2.26. The van der Waals surface area contributed by atoms with Gasteiger partial charge in [0.1, 0.15) is 28.7 Å². The second-order valence-electron chi connectivity index (χ2n) is 7.02. The molecule has 1 aliphatic heterocycles. The summed E-state index contributed by atoms with van der Waals surface area (Å²) in [6.45, 7) is 0. The molecule has 31 heavy (non-hydrogen) atoms. The maximum atomic E-state index is 13.9. The van der Waals surface area contributed by atoms with Crippen LogP contribution in [0.1, 0.15) is 34.0 Å². The number of carboxylic acids is 1. The highest BCUT2D eigenvalue weighted by Gasteiger charge is 2.36. The number of aromatic carboxylic acids is 1. The molecule has 7 nitrogen and oxygen atoms in total. The summed E-state index contributed by atoms with van der Waals surface area (Å²) in [6, 6.07) is 7.96. The quantitative estimate of drug-likeness (QED) is 0.643. The Morgan fingerprint density at radius 1 is 1.13 bits per heavy atom. The number of aromatic nitrogens is 1. The molecule has 1 amide bonds. The number of amides is 1. The normalized spacial score (nSPS) is 15.2. The van der Waals surface area contributed by atoms with Crippen LogP contribution in [0.2, 0.25) is 0 Å². The van der Waals surface area contributed by atoms with Gasteiger partial charge in [0.2, 0.25) is 5.91 Å². The lowest BCUT2D eigenvalue weighted by atomic mass is 9.87. The van der Waals surface area contributed by atoms with Crippen LogP contribution in [-0.4, -0.2) is 35.8 Å². The Hall–Kier alpha value is -3.88. The van der Waals surface area contributed by atoms with Gasteiger partial charge in [0, 0.05) is 30.2 Å². The number of fused-ring (bicyclic) bond motifs is 1. The van der Waals surface area contributed by atoms with Crippen molar-refractivity contribution in [2.75, 3.05) is 19.5 Å². The number of halogens is 2. The van der Waals surface area contributed by atoms with E-state index in [9.17, 15) is 23.5 Å². The number of carbonyl (C=O) groups excluding carboxylic acids is 1. The van der Waals surface area contributed by atoms with Crippen LogP contribution in [0.3, 0.4) is 0 Å². The van der Waals surface area contributed by atoms with Gasteiger partial charge in [-0.3, -0.25) is 4.79 Å². The summed E-state index contributed by atoms with van der Waals surface area (Å²) < 4.78 is 40.0. The van der Waals surface area contributed by atoms with Gasteiger partial charge in [-0.15, -0.1) is 0 Å². The zero-order valence-corrected chi connectivity index (χ0v) is 16.6. The highest BCUT2D eigenvalue weighted by molar-refractivity contribution is 6.04. The molecule has 1 aliphatic rings. The van der Waals surface area contributed by atoms with Crippen molar-refractivity contribution in [1.29, 1.82) is 0 Å². The average Bonchev–Trinajstić information content (AvgIpc) is 3.11. The van der Waals surface area contributed by atoms with E-state index < -0.39 is 29.4 Å². The van der Waals surface area contributed by atoms with Gasteiger partial charge in [0.15, 0.2) is 0 Å². The van der Waals surface area contributed by atoms with Crippen molar-refractivity contribution in [2.24, 2.45) is 0 Å². The summed E-state index contributed by atoms with van der Waals surface area (Å²) in [4.78, 5) is 24.4. The Balaban J connectivity index is 2.02. The maximum absolute atomic E-state index is 13.9. The predicted molar refractivity (Wildman–Crippen MR) is 107 cm³/mol. The van der Waals surface area contributed by atoms with E-state index in [1.807, 2.05) is 0 Å². The van der Waals surface area contributed by atoms with Crippen molar-refractivity contribution >= 4 is 17.6 Å². The maximum Gasteiger partial charge on any atom is 0.339 e. The van der Waals surface area contributed by atoms with Gasteiger partial charge < -0.3 is 24.5 Å². The largest absolute Gasteiger partial charge is 0.497 e. The monoisotopic (exact) mass is 428 g/mol. The molecule has 1 aromatic heterocycles. The smallest absolute Gasteiger partial charge is 0.339 e. The summed E-state index contributed by atoms with van der Waals surface area (Å²) in [6.07, 6.45) is 1.21. The van der Waals surface area contributed by atoms with E-state index in [0.29, 0.717) is 22.8 Å². The third kappa shape index (κ3) is 3.58. The number of anilines is 1. The van der Waals surface area contributed by atoms with E-state index in [1.54, 1.807) is 18.2 Å². The van der Waals surface area contributed by atoms with E-state index in [1.165, 1.54) is 25.0 Å². The molecular weight excluding hydrogens is 410 g/mol. The minimum absolute atomic E-state index is 0.0304. The third-order valence-corrected chi connectivity index (χ3v) is 5.20. The van der Waals surface area contributed by atoms with Crippen molar-refractivity contribution in [2.45, 2.75) is 12.3 Å². The number of nitrogens with zero attached hydrogens (tertiary/aromatic N) is 1. The van der Waals surface area contributed by atoms with Crippen LogP contribution < -0.4 is 14.8 Å². The fourth-order valence-electron chi connectivity index (χ4n) is 3.89. The van der Waals surface area contributed by atoms with Crippen molar-refractivity contribution in [3.63, 3.8) is 0 Å². The van der Waals surface area contributed by atoms with Gasteiger partial charge in [0.25, 0.3) is 0 Å². The summed E-state index contributed by atoms with van der Waals surface area (Å²) in [5.74, 6) is -3.00. The van der Waals surface area contributed by atoms with Crippen LogP contribution in [0, 0.1) is 11.6 Å². The number of benzene rings is 2. The molecule has 4 rings (SSSR count). The van der Waals surface area contributed by atoms with Crippen molar-refractivity contribution in [3.05, 3.63) is 71.1 Å².